The van der Waals surface area contributed by atoms with Gasteiger partial charge in [0, 0.05) is 13.1 Å². The molecule has 2 aromatic carbocycles. The van der Waals surface area contributed by atoms with Gasteiger partial charge in [-0.3, -0.25) is 4.79 Å². The number of carbonyl (C=O) groups excluding carboxylic acids is 1. The number of carbonyl (C=O) groups is 1. The van der Waals surface area contributed by atoms with Crippen molar-refractivity contribution >= 4 is 5.91 Å². The Kier molecular flexibility index (Phi) is 7.26. The van der Waals surface area contributed by atoms with Gasteiger partial charge in [0.2, 0.25) is 5.91 Å². The van der Waals surface area contributed by atoms with Crippen LogP contribution in [0.5, 0.6) is 5.75 Å². The molecule has 0 aromatic heterocycles. The molecule has 3 unspecified atom stereocenters. The molecule has 0 spiro atoms. The SMILES string of the molecule is Cc1ccccc1OCC(C)C(C)C(C)N(C)C(=O)Cc1ccccc1. The molecule has 140 valence electrons. The zero-order valence-electron chi connectivity index (χ0n) is 16.6. The molecule has 0 aliphatic rings. The Hall–Kier alpha value is -2.29. The first kappa shape index (κ1) is 20.0. The van der Waals surface area contributed by atoms with Gasteiger partial charge in [-0.1, -0.05) is 62.4 Å². The van der Waals surface area contributed by atoms with Crippen molar-refractivity contribution in [2.45, 2.75) is 40.2 Å². The lowest BCUT2D eigenvalue weighted by atomic mass is 9.89. The average Bonchev–Trinajstić information content (AvgIpc) is 2.66. The molecular weight excluding hydrogens is 322 g/mol. The van der Waals surface area contributed by atoms with Crippen LogP contribution in [0.25, 0.3) is 0 Å². The number of benzene rings is 2. The summed E-state index contributed by atoms with van der Waals surface area (Å²) in [6.45, 7) is 9.22. The van der Waals surface area contributed by atoms with Crippen LogP contribution in [0.3, 0.4) is 0 Å². The fourth-order valence-corrected chi connectivity index (χ4v) is 3.04. The van der Waals surface area contributed by atoms with Crippen LogP contribution in [0.1, 0.15) is 31.9 Å². The quantitative estimate of drug-likeness (QED) is 0.686. The summed E-state index contributed by atoms with van der Waals surface area (Å²) in [7, 11) is 1.90. The number of nitrogens with zero attached hydrogens (tertiary/aromatic N) is 1. The molecule has 3 heteroatoms. The number of amides is 1. The summed E-state index contributed by atoms with van der Waals surface area (Å²) in [6, 6.07) is 18.1. The molecule has 2 rings (SSSR count). The highest BCUT2D eigenvalue weighted by Crippen LogP contribution is 2.23. The summed E-state index contributed by atoms with van der Waals surface area (Å²) in [5.74, 6) is 1.77. The highest BCUT2D eigenvalue weighted by molar-refractivity contribution is 5.78. The summed E-state index contributed by atoms with van der Waals surface area (Å²) in [5.41, 5.74) is 2.20. The second-order valence-electron chi connectivity index (χ2n) is 7.32. The third-order valence-corrected chi connectivity index (χ3v) is 5.46. The van der Waals surface area contributed by atoms with Crippen molar-refractivity contribution in [3.63, 3.8) is 0 Å². The summed E-state index contributed by atoms with van der Waals surface area (Å²) in [4.78, 5) is 14.5. The summed E-state index contributed by atoms with van der Waals surface area (Å²) in [6.07, 6.45) is 0.447. The fraction of sp³-hybridized carbons (Fsp3) is 0.435. The number of para-hydroxylation sites is 1. The molecular formula is C23H31NO2. The van der Waals surface area contributed by atoms with Gasteiger partial charge in [-0.25, -0.2) is 0 Å². The maximum atomic E-state index is 12.6. The highest BCUT2D eigenvalue weighted by atomic mass is 16.5. The van der Waals surface area contributed by atoms with Crippen LogP contribution < -0.4 is 4.74 Å². The van der Waals surface area contributed by atoms with E-state index in [0.717, 1.165) is 16.9 Å². The number of hydrogen-bond donors (Lipinski definition) is 0. The predicted molar refractivity (Wildman–Crippen MR) is 107 cm³/mol. The topological polar surface area (TPSA) is 29.5 Å². The van der Waals surface area contributed by atoms with Crippen LogP contribution in [0.4, 0.5) is 0 Å². The Morgan fingerprint density at radius 3 is 2.27 bits per heavy atom. The van der Waals surface area contributed by atoms with Gasteiger partial charge in [-0.05, 0) is 42.9 Å². The molecule has 3 atom stereocenters. The molecule has 0 aliphatic carbocycles. The molecule has 1 amide bonds. The molecule has 0 aliphatic heterocycles. The van der Waals surface area contributed by atoms with E-state index < -0.39 is 0 Å². The standard InChI is InChI=1S/C23H31NO2/c1-17-11-9-10-14-22(17)26-16-18(2)19(3)20(4)24(5)23(25)15-21-12-7-6-8-13-21/h6-14,18-20H,15-16H2,1-5H3. The third kappa shape index (κ3) is 5.35. The molecule has 0 heterocycles. The zero-order chi connectivity index (χ0) is 19.1. The normalized spacial score (nSPS) is 14.3. The minimum absolute atomic E-state index is 0.154. The van der Waals surface area contributed by atoms with Crippen molar-refractivity contribution in [2.24, 2.45) is 11.8 Å². The van der Waals surface area contributed by atoms with Crippen molar-refractivity contribution in [3.05, 3.63) is 65.7 Å². The Morgan fingerprint density at radius 2 is 1.62 bits per heavy atom. The van der Waals surface area contributed by atoms with E-state index in [1.54, 1.807) is 0 Å². The molecule has 0 saturated heterocycles. The van der Waals surface area contributed by atoms with E-state index in [1.165, 1.54) is 0 Å². The maximum absolute atomic E-state index is 12.6. The van der Waals surface area contributed by atoms with Crippen molar-refractivity contribution < 1.29 is 9.53 Å². The van der Waals surface area contributed by atoms with Crippen LogP contribution in [-0.4, -0.2) is 30.5 Å². The Labute approximate surface area is 158 Å². The fourth-order valence-electron chi connectivity index (χ4n) is 3.04. The minimum Gasteiger partial charge on any atom is -0.493 e. The van der Waals surface area contributed by atoms with E-state index in [0.29, 0.717) is 24.9 Å². The van der Waals surface area contributed by atoms with Gasteiger partial charge >= 0.3 is 0 Å². The molecule has 0 saturated carbocycles. The number of likely N-dealkylation sites (N-methyl/N-ethyl adjacent to an activating group) is 1. The van der Waals surface area contributed by atoms with E-state index in [1.807, 2.05) is 60.5 Å². The van der Waals surface area contributed by atoms with Gasteiger partial charge in [0.15, 0.2) is 0 Å². The van der Waals surface area contributed by atoms with Gasteiger partial charge in [-0.15, -0.1) is 0 Å². The lowest BCUT2D eigenvalue weighted by Crippen LogP contribution is -2.42. The van der Waals surface area contributed by atoms with E-state index in [2.05, 4.69) is 33.8 Å². The number of hydrogen-bond acceptors (Lipinski definition) is 2. The van der Waals surface area contributed by atoms with Crippen LogP contribution >= 0.6 is 0 Å². The monoisotopic (exact) mass is 353 g/mol. The molecule has 2 aromatic rings. The summed E-state index contributed by atoms with van der Waals surface area (Å²) in [5, 5.41) is 0. The van der Waals surface area contributed by atoms with Crippen LogP contribution in [0, 0.1) is 18.8 Å². The van der Waals surface area contributed by atoms with Gasteiger partial charge in [-0.2, -0.15) is 0 Å². The zero-order valence-corrected chi connectivity index (χ0v) is 16.6. The summed E-state index contributed by atoms with van der Waals surface area (Å²) < 4.78 is 6.00. The highest BCUT2D eigenvalue weighted by Gasteiger charge is 2.25. The predicted octanol–water partition coefficient (Wildman–Crippen LogP) is 4.74. The van der Waals surface area contributed by atoms with Crippen molar-refractivity contribution in [1.29, 1.82) is 0 Å². The third-order valence-electron chi connectivity index (χ3n) is 5.46. The number of ether oxygens (including phenoxy) is 1. The first-order valence-electron chi connectivity index (χ1n) is 9.38. The Morgan fingerprint density at radius 1 is 1.00 bits per heavy atom. The molecule has 3 nitrogen and oxygen atoms in total. The van der Waals surface area contributed by atoms with Crippen molar-refractivity contribution in [3.8, 4) is 5.75 Å². The van der Waals surface area contributed by atoms with Gasteiger partial charge in [0.25, 0.3) is 0 Å². The Bertz CT molecular complexity index is 698. The second-order valence-corrected chi connectivity index (χ2v) is 7.32. The maximum Gasteiger partial charge on any atom is 0.226 e. The van der Waals surface area contributed by atoms with E-state index >= 15 is 0 Å². The smallest absolute Gasteiger partial charge is 0.226 e. The Balaban J connectivity index is 1.89. The van der Waals surface area contributed by atoms with Gasteiger partial charge in [0.05, 0.1) is 13.0 Å². The molecule has 0 N–H and O–H groups in total. The summed E-state index contributed by atoms with van der Waals surface area (Å²) >= 11 is 0. The van der Waals surface area contributed by atoms with Crippen LogP contribution in [-0.2, 0) is 11.2 Å². The lowest BCUT2D eigenvalue weighted by molar-refractivity contribution is -0.132. The lowest BCUT2D eigenvalue weighted by Gasteiger charge is -2.33. The number of rotatable bonds is 8. The molecule has 0 bridgehead atoms. The van der Waals surface area contributed by atoms with E-state index in [4.69, 9.17) is 4.74 Å². The van der Waals surface area contributed by atoms with Crippen LogP contribution in [0.2, 0.25) is 0 Å². The second kappa shape index (κ2) is 9.42. The number of aryl methyl sites for hydroxylation is 1. The van der Waals surface area contributed by atoms with Gasteiger partial charge < -0.3 is 9.64 Å². The largest absolute Gasteiger partial charge is 0.493 e. The minimum atomic E-state index is 0.154. The molecule has 0 fully saturated rings. The molecule has 0 radical (unpaired) electrons. The van der Waals surface area contributed by atoms with E-state index in [-0.39, 0.29) is 11.9 Å². The average molecular weight is 354 g/mol. The molecule has 26 heavy (non-hydrogen) atoms. The van der Waals surface area contributed by atoms with Crippen molar-refractivity contribution in [1.82, 2.24) is 4.90 Å². The first-order valence-corrected chi connectivity index (χ1v) is 9.38. The van der Waals surface area contributed by atoms with E-state index in [9.17, 15) is 4.79 Å². The first-order chi connectivity index (χ1) is 12.4. The van der Waals surface area contributed by atoms with Crippen LogP contribution in [0.15, 0.2) is 54.6 Å². The van der Waals surface area contributed by atoms with Crippen molar-refractivity contribution in [2.75, 3.05) is 13.7 Å². The van der Waals surface area contributed by atoms with Gasteiger partial charge in [0.1, 0.15) is 5.75 Å².